The molecule has 0 atom stereocenters. The van der Waals surface area contributed by atoms with Gasteiger partial charge in [0.05, 0.1) is 4.90 Å². The molecule has 1 aromatic rings. The van der Waals surface area contributed by atoms with Crippen molar-refractivity contribution in [1.82, 2.24) is 0 Å². The van der Waals surface area contributed by atoms with Gasteiger partial charge in [0.1, 0.15) is 11.7 Å². The Morgan fingerprint density at radius 3 is 2.82 bits per heavy atom. The highest BCUT2D eigenvalue weighted by Crippen LogP contribution is 2.43. The van der Waals surface area contributed by atoms with Gasteiger partial charge in [-0.3, -0.25) is 0 Å². The number of thioether (sulfide) groups is 1. The molecule has 1 saturated carbocycles. The second-order valence-corrected chi connectivity index (χ2v) is 6.08. The van der Waals surface area contributed by atoms with Crippen LogP contribution in [-0.4, -0.2) is 12.5 Å². The Hall–Kier alpha value is -0.670. The SMILES string of the molecule is NCC1(c2ccc3c(c2)OCS3)CCCCC1. The molecule has 0 bridgehead atoms. The lowest BCUT2D eigenvalue weighted by Gasteiger charge is -2.37. The van der Waals surface area contributed by atoms with Gasteiger partial charge >= 0.3 is 0 Å². The minimum absolute atomic E-state index is 0.212. The molecule has 0 spiro atoms. The molecule has 0 unspecified atom stereocenters. The molecule has 1 fully saturated rings. The van der Waals surface area contributed by atoms with Crippen molar-refractivity contribution in [2.45, 2.75) is 42.4 Å². The largest absolute Gasteiger partial charge is 0.481 e. The first-order valence-electron chi connectivity index (χ1n) is 6.44. The molecule has 1 aliphatic heterocycles. The second kappa shape index (κ2) is 4.54. The molecule has 92 valence electrons. The summed E-state index contributed by atoms with van der Waals surface area (Å²) in [5, 5.41) is 0. The number of nitrogens with two attached hydrogens (primary N) is 1. The van der Waals surface area contributed by atoms with Crippen LogP contribution in [0.25, 0.3) is 0 Å². The van der Waals surface area contributed by atoms with E-state index in [2.05, 4.69) is 18.2 Å². The van der Waals surface area contributed by atoms with E-state index < -0.39 is 0 Å². The zero-order valence-electron chi connectivity index (χ0n) is 10.1. The number of ether oxygens (including phenoxy) is 1. The molecule has 2 aliphatic rings. The number of rotatable bonds is 2. The van der Waals surface area contributed by atoms with E-state index in [1.807, 2.05) is 0 Å². The third-order valence-electron chi connectivity index (χ3n) is 4.19. The van der Waals surface area contributed by atoms with Crippen LogP contribution >= 0.6 is 11.8 Å². The van der Waals surface area contributed by atoms with Crippen molar-refractivity contribution in [3.8, 4) is 5.75 Å². The Labute approximate surface area is 107 Å². The van der Waals surface area contributed by atoms with E-state index in [-0.39, 0.29) is 5.41 Å². The third-order valence-corrected chi connectivity index (χ3v) is 5.07. The van der Waals surface area contributed by atoms with Gasteiger partial charge in [-0.2, -0.15) is 0 Å². The fourth-order valence-corrected chi connectivity index (χ4v) is 3.80. The summed E-state index contributed by atoms with van der Waals surface area (Å²) >= 11 is 1.78. The highest BCUT2D eigenvalue weighted by molar-refractivity contribution is 7.99. The number of hydrogen-bond acceptors (Lipinski definition) is 3. The molecule has 3 heteroatoms. The third kappa shape index (κ3) is 1.95. The monoisotopic (exact) mass is 249 g/mol. The molecule has 1 aromatic carbocycles. The van der Waals surface area contributed by atoms with Gasteiger partial charge in [-0.15, -0.1) is 0 Å². The van der Waals surface area contributed by atoms with E-state index in [1.165, 1.54) is 42.6 Å². The summed E-state index contributed by atoms with van der Waals surface area (Å²) < 4.78 is 5.64. The molecule has 0 amide bonds. The van der Waals surface area contributed by atoms with E-state index in [0.717, 1.165) is 18.2 Å². The van der Waals surface area contributed by atoms with Crippen LogP contribution in [0.1, 0.15) is 37.7 Å². The lowest BCUT2D eigenvalue weighted by Crippen LogP contribution is -2.37. The van der Waals surface area contributed by atoms with Crippen molar-refractivity contribution in [3.05, 3.63) is 23.8 Å². The lowest BCUT2D eigenvalue weighted by atomic mass is 9.69. The first-order valence-corrected chi connectivity index (χ1v) is 7.43. The van der Waals surface area contributed by atoms with E-state index >= 15 is 0 Å². The summed E-state index contributed by atoms with van der Waals surface area (Å²) in [5.41, 5.74) is 7.67. The zero-order valence-corrected chi connectivity index (χ0v) is 10.9. The summed E-state index contributed by atoms with van der Waals surface area (Å²) in [6.07, 6.45) is 6.44. The zero-order chi connectivity index (χ0) is 11.7. The summed E-state index contributed by atoms with van der Waals surface area (Å²) in [5.74, 6) is 1.82. The number of benzene rings is 1. The van der Waals surface area contributed by atoms with E-state index in [9.17, 15) is 0 Å². The molecular weight excluding hydrogens is 230 g/mol. The fraction of sp³-hybridized carbons (Fsp3) is 0.571. The maximum absolute atomic E-state index is 6.07. The summed E-state index contributed by atoms with van der Waals surface area (Å²) in [6.45, 7) is 0.763. The maximum atomic E-state index is 6.07. The minimum atomic E-state index is 0.212. The average molecular weight is 249 g/mol. The average Bonchev–Trinajstić information content (AvgIpc) is 2.86. The van der Waals surface area contributed by atoms with Gasteiger partial charge in [0.15, 0.2) is 0 Å². The Morgan fingerprint density at radius 2 is 2.06 bits per heavy atom. The summed E-state index contributed by atoms with van der Waals surface area (Å²) in [4.78, 5) is 1.27. The van der Waals surface area contributed by atoms with Crippen LogP contribution in [0.4, 0.5) is 0 Å². The van der Waals surface area contributed by atoms with Gasteiger partial charge in [-0.1, -0.05) is 37.1 Å². The molecule has 1 aliphatic carbocycles. The van der Waals surface area contributed by atoms with Gasteiger partial charge < -0.3 is 10.5 Å². The number of hydrogen-bond donors (Lipinski definition) is 1. The van der Waals surface area contributed by atoms with Crippen molar-refractivity contribution in [2.24, 2.45) is 5.73 Å². The molecular formula is C14H19NOS. The quantitative estimate of drug-likeness (QED) is 0.873. The smallest absolute Gasteiger partial charge is 0.138 e. The Balaban J connectivity index is 1.96. The lowest BCUT2D eigenvalue weighted by molar-refractivity contribution is 0.299. The highest BCUT2D eigenvalue weighted by Gasteiger charge is 2.33. The predicted molar refractivity (Wildman–Crippen MR) is 71.6 cm³/mol. The molecule has 1 heterocycles. The summed E-state index contributed by atoms with van der Waals surface area (Å²) in [7, 11) is 0. The first-order chi connectivity index (χ1) is 8.34. The van der Waals surface area contributed by atoms with Gasteiger partial charge in [0, 0.05) is 12.0 Å². The van der Waals surface area contributed by atoms with Gasteiger partial charge in [0.2, 0.25) is 0 Å². The van der Waals surface area contributed by atoms with Crippen LogP contribution in [0.3, 0.4) is 0 Å². The summed E-state index contributed by atoms with van der Waals surface area (Å²) in [6, 6.07) is 6.69. The van der Waals surface area contributed by atoms with Gasteiger partial charge in [0.25, 0.3) is 0 Å². The van der Waals surface area contributed by atoms with Gasteiger partial charge in [-0.25, -0.2) is 0 Å². The molecule has 3 rings (SSSR count). The molecule has 0 radical (unpaired) electrons. The van der Waals surface area contributed by atoms with Crippen LogP contribution in [0.5, 0.6) is 5.75 Å². The van der Waals surface area contributed by atoms with Crippen LogP contribution in [0.15, 0.2) is 23.1 Å². The first kappa shape index (κ1) is 11.4. The topological polar surface area (TPSA) is 35.2 Å². The van der Waals surface area contributed by atoms with E-state index in [1.54, 1.807) is 11.8 Å². The normalized spacial score (nSPS) is 21.9. The van der Waals surface area contributed by atoms with E-state index in [4.69, 9.17) is 10.5 Å². The van der Waals surface area contributed by atoms with Crippen molar-refractivity contribution in [1.29, 1.82) is 0 Å². The highest BCUT2D eigenvalue weighted by atomic mass is 32.2. The van der Waals surface area contributed by atoms with Crippen molar-refractivity contribution in [3.63, 3.8) is 0 Å². The van der Waals surface area contributed by atoms with Crippen LogP contribution < -0.4 is 10.5 Å². The standard InChI is InChI=1S/C14H19NOS/c15-9-14(6-2-1-3-7-14)11-4-5-13-12(8-11)16-10-17-13/h4-5,8H,1-3,6-7,9-10,15H2. The van der Waals surface area contributed by atoms with Crippen molar-refractivity contribution in [2.75, 3.05) is 12.5 Å². The molecule has 17 heavy (non-hydrogen) atoms. The molecule has 2 N–H and O–H groups in total. The molecule has 0 saturated heterocycles. The Kier molecular flexibility index (Phi) is 3.05. The predicted octanol–water partition coefficient (Wildman–Crippen LogP) is 3.29. The van der Waals surface area contributed by atoms with Crippen molar-refractivity contribution < 1.29 is 4.74 Å². The van der Waals surface area contributed by atoms with Crippen LogP contribution in [-0.2, 0) is 5.41 Å². The molecule has 2 nitrogen and oxygen atoms in total. The second-order valence-electron chi connectivity index (χ2n) is 5.11. The fourth-order valence-electron chi connectivity index (χ4n) is 3.07. The Morgan fingerprint density at radius 1 is 1.24 bits per heavy atom. The number of fused-ring (bicyclic) bond motifs is 1. The molecule has 0 aromatic heterocycles. The van der Waals surface area contributed by atoms with Crippen LogP contribution in [0.2, 0.25) is 0 Å². The van der Waals surface area contributed by atoms with Crippen molar-refractivity contribution >= 4 is 11.8 Å². The minimum Gasteiger partial charge on any atom is -0.481 e. The van der Waals surface area contributed by atoms with Gasteiger partial charge in [-0.05, 0) is 30.5 Å². The maximum Gasteiger partial charge on any atom is 0.138 e. The Bertz CT molecular complexity index is 413. The van der Waals surface area contributed by atoms with Crippen LogP contribution in [0, 0.1) is 0 Å². The van der Waals surface area contributed by atoms with E-state index in [0.29, 0.717) is 0 Å².